The smallest absolute Gasteiger partial charge is 0.414 e. The highest BCUT2D eigenvalue weighted by Crippen LogP contribution is 2.21. The second-order valence-corrected chi connectivity index (χ2v) is 3.85. The van der Waals surface area contributed by atoms with E-state index in [1.165, 1.54) is 0 Å². The van der Waals surface area contributed by atoms with Crippen molar-refractivity contribution in [2.24, 2.45) is 0 Å². The van der Waals surface area contributed by atoms with Crippen LogP contribution in [0.25, 0.3) is 22.1 Å². The average Bonchev–Trinajstić information content (AvgIpc) is 2.76. The van der Waals surface area contributed by atoms with Crippen LogP contribution in [0, 0.1) is 0 Å². The van der Waals surface area contributed by atoms with Crippen molar-refractivity contribution in [1.29, 1.82) is 0 Å². The molecule has 0 saturated carbocycles. The van der Waals surface area contributed by atoms with Crippen LogP contribution in [0.5, 0.6) is 0 Å². The number of aromatic nitrogens is 4. The van der Waals surface area contributed by atoms with Crippen molar-refractivity contribution in [3.05, 3.63) is 24.3 Å². The van der Waals surface area contributed by atoms with Crippen LogP contribution < -0.4 is 5.32 Å². The second-order valence-electron chi connectivity index (χ2n) is 3.85. The van der Waals surface area contributed by atoms with Gasteiger partial charge in [0.2, 0.25) is 0 Å². The van der Waals surface area contributed by atoms with E-state index in [9.17, 15) is 4.79 Å². The number of rotatable bonds is 2. The number of hydrogen-bond acceptors (Lipinski definition) is 5. The quantitative estimate of drug-likeness (QED) is 0.733. The lowest BCUT2D eigenvalue weighted by molar-refractivity contribution is 0.167. The molecule has 0 atom stereocenters. The summed E-state index contributed by atoms with van der Waals surface area (Å²) in [6.07, 6.45) is -0.597. The number of ether oxygens (including phenoxy) is 1. The molecule has 0 bridgehead atoms. The van der Waals surface area contributed by atoms with E-state index < -0.39 is 6.09 Å². The Labute approximate surface area is 108 Å². The first-order valence-corrected chi connectivity index (χ1v) is 5.83. The minimum Gasteiger partial charge on any atom is -0.450 e. The minimum atomic E-state index is -0.597. The van der Waals surface area contributed by atoms with Crippen molar-refractivity contribution in [2.75, 3.05) is 11.9 Å². The number of benzene rings is 1. The Morgan fingerprint density at radius 3 is 3.05 bits per heavy atom. The number of nitrogens with zero attached hydrogens (tertiary/aromatic N) is 3. The summed E-state index contributed by atoms with van der Waals surface area (Å²) < 4.78 is 4.75. The first-order chi connectivity index (χ1) is 9.28. The number of anilines is 1. The molecule has 19 heavy (non-hydrogen) atoms. The summed E-state index contributed by atoms with van der Waals surface area (Å²) in [6.45, 7) is 2.01. The van der Waals surface area contributed by atoms with Gasteiger partial charge in [0, 0.05) is 10.9 Å². The van der Waals surface area contributed by atoms with E-state index in [0.29, 0.717) is 11.2 Å². The molecule has 96 valence electrons. The Morgan fingerprint density at radius 1 is 1.37 bits per heavy atom. The predicted molar refractivity (Wildman–Crippen MR) is 69.8 cm³/mol. The molecule has 0 radical (unpaired) electrons. The number of fused-ring (bicyclic) bond motifs is 3. The molecule has 3 rings (SSSR count). The van der Waals surface area contributed by atoms with Gasteiger partial charge in [-0.15, -0.1) is 10.2 Å². The highest BCUT2D eigenvalue weighted by molar-refractivity contribution is 6.03. The molecule has 2 N–H and O–H groups in total. The Kier molecular flexibility index (Phi) is 2.71. The number of nitrogens with one attached hydrogen (secondary N) is 2. The summed E-state index contributed by atoms with van der Waals surface area (Å²) >= 11 is 0. The molecule has 1 amide bonds. The molecule has 1 aromatic carbocycles. The third-order valence-electron chi connectivity index (χ3n) is 2.61. The highest BCUT2D eigenvalue weighted by atomic mass is 16.5. The van der Waals surface area contributed by atoms with Gasteiger partial charge >= 0.3 is 6.09 Å². The fraction of sp³-hybridized carbons (Fsp3) is 0.167. The van der Waals surface area contributed by atoms with E-state index in [2.05, 4.69) is 25.5 Å². The summed E-state index contributed by atoms with van der Waals surface area (Å²) in [6, 6.07) is 7.70. The molecular weight excluding hydrogens is 246 g/mol. The number of aromatic amines is 1. The van der Waals surface area contributed by atoms with Crippen LogP contribution in [0.2, 0.25) is 0 Å². The molecule has 0 aliphatic heterocycles. The maximum Gasteiger partial charge on any atom is 0.414 e. The Bertz CT molecular complexity index is 752. The van der Waals surface area contributed by atoms with Gasteiger partial charge in [0.15, 0.2) is 5.65 Å². The van der Waals surface area contributed by atoms with Crippen LogP contribution in [0.15, 0.2) is 24.3 Å². The molecule has 0 unspecified atom stereocenters. The zero-order valence-corrected chi connectivity index (χ0v) is 10.2. The molecule has 3 aromatic rings. The largest absolute Gasteiger partial charge is 0.450 e. The van der Waals surface area contributed by atoms with E-state index in [4.69, 9.17) is 4.74 Å². The van der Waals surface area contributed by atoms with Crippen molar-refractivity contribution < 1.29 is 9.53 Å². The van der Waals surface area contributed by atoms with E-state index >= 15 is 0 Å². The standard InChI is InChI=1S/C12H11N5O2/c1-2-19-12(18)15-11-14-10-9(16-17-11)7-5-3-4-6-8(7)13-10/h3-6H,2H2,1H3,(H2,13,14,15,17,18). The summed E-state index contributed by atoms with van der Waals surface area (Å²) in [5, 5.41) is 11.3. The molecular formula is C12H11N5O2. The fourth-order valence-electron chi connectivity index (χ4n) is 1.83. The lowest BCUT2D eigenvalue weighted by atomic mass is 10.2. The summed E-state index contributed by atoms with van der Waals surface area (Å²) in [5.74, 6) is 0.109. The molecule has 0 aliphatic rings. The maximum absolute atomic E-state index is 11.3. The van der Waals surface area contributed by atoms with E-state index in [1.807, 2.05) is 24.3 Å². The molecule has 7 nitrogen and oxygen atoms in total. The Balaban J connectivity index is 2.01. The van der Waals surface area contributed by atoms with Gasteiger partial charge in [0.05, 0.1) is 6.61 Å². The van der Waals surface area contributed by atoms with Crippen LogP contribution in [-0.4, -0.2) is 32.9 Å². The van der Waals surface area contributed by atoms with Crippen LogP contribution in [0.4, 0.5) is 10.7 Å². The average molecular weight is 257 g/mol. The van der Waals surface area contributed by atoms with Gasteiger partial charge in [-0.2, -0.15) is 4.98 Å². The van der Waals surface area contributed by atoms with Crippen molar-refractivity contribution in [3.63, 3.8) is 0 Å². The molecule has 7 heteroatoms. The predicted octanol–water partition coefficient (Wildman–Crippen LogP) is 2.07. The number of carbonyl (C=O) groups is 1. The number of para-hydroxylation sites is 1. The lowest BCUT2D eigenvalue weighted by Crippen LogP contribution is -2.15. The molecule has 2 aromatic heterocycles. The maximum atomic E-state index is 11.3. The van der Waals surface area contributed by atoms with Gasteiger partial charge in [0.25, 0.3) is 5.95 Å². The summed E-state index contributed by atoms with van der Waals surface area (Å²) in [4.78, 5) is 18.6. The van der Waals surface area contributed by atoms with Gasteiger partial charge in [-0.3, -0.25) is 5.32 Å². The van der Waals surface area contributed by atoms with Gasteiger partial charge in [-0.05, 0) is 13.0 Å². The number of hydrogen-bond donors (Lipinski definition) is 2. The third kappa shape index (κ3) is 2.05. The highest BCUT2D eigenvalue weighted by Gasteiger charge is 2.10. The van der Waals surface area contributed by atoms with E-state index in [0.717, 1.165) is 10.9 Å². The molecule has 0 spiro atoms. The topological polar surface area (TPSA) is 92.8 Å². The van der Waals surface area contributed by atoms with Gasteiger partial charge in [0.1, 0.15) is 5.52 Å². The van der Waals surface area contributed by atoms with Crippen LogP contribution >= 0.6 is 0 Å². The van der Waals surface area contributed by atoms with Crippen molar-refractivity contribution in [1.82, 2.24) is 20.2 Å². The third-order valence-corrected chi connectivity index (χ3v) is 2.61. The zero-order valence-electron chi connectivity index (χ0n) is 10.2. The van der Waals surface area contributed by atoms with Crippen molar-refractivity contribution >= 4 is 34.1 Å². The molecule has 0 aliphatic carbocycles. The van der Waals surface area contributed by atoms with Crippen LogP contribution in [0.1, 0.15) is 6.92 Å². The summed E-state index contributed by atoms with van der Waals surface area (Å²) in [5.41, 5.74) is 2.17. The first-order valence-electron chi connectivity index (χ1n) is 5.83. The number of carbonyl (C=O) groups excluding carboxylic acids is 1. The van der Waals surface area contributed by atoms with E-state index in [1.54, 1.807) is 6.92 Å². The normalized spacial score (nSPS) is 10.8. The van der Waals surface area contributed by atoms with Crippen molar-refractivity contribution in [2.45, 2.75) is 6.92 Å². The number of H-pyrrole nitrogens is 1. The zero-order chi connectivity index (χ0) is 13.2. The number of amides is 1. The van der Waals surface area contributed by atoms with Gasteiger partial charge in [-0.1, -0.05) is 18.2 Å². The van der Waals surface area contributed by atoms with E-state index in [-0.39, 0.29) is 12.6 Å². The van der Waals surface area contributed by atoms with Crippen LogP contribution in [-0.2, 0) is 4.74 Å². The first kappa shape index (κ1) is 11.4. The monoisotopic (exact) mass is 257 g/mol. The van der Waals surface area contributed by atoms with Gasteiger partial charge in [-0.25, -0.2) is 4.79 Å². The SMILES string of the molecule is CCOC(=O)Nc1nnc2c(n1)[nH]c1ccccc12. The minimum absolute atomic E-state index is 0.109. The fourth-order valence-corrected chi connectivity index (χ4v) is 1.83. The van der Waals surface area contributed by atoms with Crippen LogP contribution in [0.3, 0.4) is 0 Å². The second kappa shape index (κ2) is 4.52. The lowest BCUT2D eigenvalue weighted by Gasteiger charge is -2.01. The molecule has 0 saturated heterocycles. The molecule has 2 heterocycles. The molecule has 0 fully saturated rings. The Morgan fingerprint density at radius 2 is 2.21 bits per heavy atom. The Hall–Kier alpha value is -2.70. The van der Waals surface area contributed by atoms with Gasteiger partial charge < -0.3 is 9.72 Å². The summed E-state index contributed by atoms with van der Waals surface area (Å²) in [7, 11) is 0. The van der Waals surface area contributed by atoms with Crippen molar-refractivity contribution in [3.8, 4) is 0 Å².